The third-order valence-corrected chi connectivity index (χ3v) is 2.13. The van der Waals surface area contributed by atoms with Crippen LogP contribution >= 0.6 is 0 Å². The van der Waals surface area contributed by atoms with Gasteiger partial charge in [-0.2, -0.15) is 0 Å². The molecule has 0 fully saturated rings. The average Bonchev–Trinajstić information content (AvgIpc) is 2.26. The monoisotopic (exact) mass is 229 g/mol. The van der Waals surface area contributed by atoms with E-state index < -0.39 is 23.6 Å². The lowest BCUT2D eigenvalue weighted by molar-refractivity contribution is -0.143. The summed E-state index contributed by atoms with van der Waals surface area (Å²) in [6.45, 7) is 2.13. The van der Waals surface area contributed by atoms with Crippen LogP contribution in [0.2, 0.25) is 0 Å². The Morgan fingerprint density at radius 1 is 1.44 bits per heavy atom. The van der Waals surface area contributed by atoms with Crippen molar-refractivity contribution in [1.29, 1.82) is 0 Å². The molecule has 0 aliphatic rings. The van der Waals surface area contributed by atoms with Crippen LogP contribution in [0.5, 0.6) is 0 Å². The van der Waals surface area contributed by atoms with E-state index in [1.807, 2.05) is 0 Å². The molecule has 1 unspecified atom stereocenters. The molecule has 1 rings (SSSR count). The number of benzene rings is 1. The minimum Gasteiger partial charge on any atom is -0.468 e. The number of rotatable bonds is 4. The summed E-state index contributed by atoms with van der Waals surface area (Å²) in [6.07, 6.45) is 0. The molecule has 3 nitrogen and oxygen atoms in total. The van der Waals surface area contributed by atoms with Gasteiger partial charge in [-0.05, 0) is 18.7 Å². The number of halogens is 2. The first kappa shape index (κ1) is 12.6. The second-order valence-corrected chi connectivity index (χ2v) is 3.15. The maximum atomic E-state index is 13.4. The van der Waals surface area contributed by atoms with E-state index in [1.165, 1.54) is 13.2 Å². The minimum atomic E-state index is -1.11. The fourth-order valence-corrected chi connectivity index (χ4v) is 1.41. The van der Waals surface area contributed by atoms with Crippen molar-refractivity contribution in [2.75, 3.05) is 13.7 Å². The summed E-state index contributed by atoms with van der Waals surface area (Å²) < 4.78 is 31.4. The Bertz CT molecular complexity index is 362. The molecule has 1 aromatic rings. The molecule has 0 radical (unpaired) electrons. The Balaban J connectivity index is 3.15. The molecule has 1 aromatic carbocycles. The highest BCUT2D eigenvalue weighted by Crippen LogP contribution is 2.21. The molecule has 0 aliphatic carbocycles. The van der Waals surface area contributed by atoms with Crippen molar-refractivity contribution in [3.8, 4) is 0 Å². The van der Waals surface area contributed by atoms with Gasteiger partial charge < -0.3 is 10.1 Å². The Morgan fingerprint density at radius 3 is 2.44 bits per heavy atom. The highest BCUT2D eigenvalue weighted by Gasteiger charge is 2.26. The van der Waals surface area contributed by atoms with Gasteiger partial charge in [-0.25, -0.2) is 13.6 Å². The Labute approximate surface area is 92.4 Å². The molecule has 0 saturated carbocycles. The zero-order chi connectivity index (χ0) is 12.1. The Kier molecular flexibility index (Phi) is 4.37. The number of ether oxygens (including phenoxy) is 1. The van der Waals surface area contributed by atoms with Gasteiger partial charge in [0, 0.05) is 0 Å². The molecule has 0 amide bonds. The van der Waals surface area contributed by atoms with Crippen molar-refractivity contribution >= 4 is 5.97 Å². The summed E-state index contributed by atoms with van der Waals surface area (Å²) in [7, 11) is 1.17. The molecule has 5 heteroatoms. The lowest BCUT2D eigenvalue weighted by Crippen LogP contribution is -2.31. The Morgan fingerprint density at radius 2 is 2.00 bits per heavy atom. The molecule has 0 saturated heterocycles. The van der Waals surface area contributed by atoms with Crippen molar-refractivity contribution in [3.05, 3.63) is 35.4 Å². The second kappa shape index (κ2) is 5.55. The highest BCUT2D eigenvalue weighted by atomic mass is 19.1. The van der Waals surface area contributed by atoms with Gasteiger partial charge in [0.1, 0.15) is 17.7 Å². The van der Waals surface area contributed by atoms with Gasteiger partial charge in [0.25, 0.3) is 0 Å². The summed E-state index contributed by atoms with van der Waals surface area (Å²) in [6, 6.07) is 2.34. The van der Waals surface area contributed by atoms with Crippen molar-refractivity contribution in [3.63, 3.8) is 0 Å². The number of likely N-dealkylation sites (N-methyl/N-ethyl adjacent to an activating group) is 1. The summed E-state index contributed by atoms with van der Waals surface area (Å²) in [4.78, 5) is 11.4. The van der Waals surface area contributed by atoms with Gasteiger partial charge in [0.2, 0.25) is 0 Å². The zero-order valence-corrected chi connectivity index (χ0v) is 9.09. The van der Waals surface area contributed by atoms with E-state index in [0.29, 0.717) is 6.54 Å². The number of carbonyl (C=O) groups is 1. The highest BCUT2D eigenvalue weighted by molar-refractivity contribution is 5.77. The predicted molar refractivity (Wildman–Crippen MR) is 54.8 cm³/mol. The topological polar surface area (TPSA) is 38.3 Å². The molecule has 16 heavy (non-hydrogen) atoms. The molecule has 0 aromatic heterocycles. The zero-order valence-electron chi connectivity index (χ0n) is 9.09. The van der Waals surface area contributed by atoms with E-state index in [2.05, 4.69) is 10.1 Å². The normalized spacial score (nSPS) is 12.2. The van der Waals surface area contributed by atoms with E-state index in [9.17, 15) is 13.6 Å². The molecular formula is C11H13F2NO2. The van der Waals surface area contributed by atoms with E-state index in [1.54, 1.807) is 6.92 Å². The minimum absolute atomic E-state index is 0.309. The fourth-order valence-electron chi connectivity index (χ4n) is 1.41. The summed E-state index contributed by atoms with van der Waals surface area (Å²) >= 11 is 0. The summed E-state index contributed by atoms with van der Waals surface area (Å²) in [5, 5.41) is 2.68. The van der Waals surface area contributed by atoms with Crippen molar-refractivity contribution in [2.24, 2.45) is 0 Å². The molecule has 0 bridgehead atoms. The molecule has 1 atom stereocenters. The summed E-state index contributed by atoms with van der Waals surface area (Å²) in [5.41, 5.74) is -0.309. The molecule has 0 heterocycles. The van der Waals surface area contributed by atoms with E-state index in [0.717, 1.165) is 12.1 Å². The third-order valence-electron chi connectivity index (χ3n) is 2.13. The number of hydrogen-bond acceptors (Lipinski definition) is 3. The number of hydrogen-bond donors (Lipinski definition) is 1. The maximum Gasteiger partial charge on any atom is 0.327 e. The molecule has 1 N–H and O–H groups in total. The van der Waals surface area contributed by atoms with Gasteiger partial charge in [0.05, 0.1) is 12.7 Å². The Hall–Kier alpha value is -1.49. The smallest absolute Gasteiger partial charge is 0.327 e. The van der Waals surface area contributed by atoms with Gasteiger partial charge >= 0.3 is 5.97 Å². The standard InChI is InChI=1S/C11H13F2NO2/c1-3-14-10(11(15)16-2)9-7(12)5-4-6-8(9)13/h4-6,10,14H,3H2,1-2H3. The summed E-state index contributed by atoms with van der Waals surface area (Å²) in [5.74, 6) is -2.25. The van der Waals surface area contributed by atoms with Crippen LogP contribution in [0.4, 0.5) is 8.78 Å². The first-order valence-electron chi connectivity index (χ1n) is 4.87. The van der Waals surface area contributed by atoms with E-state index in [-0.39, 0.29) is 5.56 Å². The quantitative estimate of drug-likeness (QED) is 0.800. The van der Waals surface area contributed by atoms with Crippen LogP contribution in [0.1, 0.15) is 18.5 Å². The largest absolute Gasteiger partial charge is 0.468 e. The number of methoxy groups -OCH3 is 1. The van der Waals surface area contributed by atoms with Crippen LogP contribution in [0, 0.1) is 11.6 Å². The molecular weight excluding hydrogens is 216 g/mol. The van der Waals surface area contributed by atoms with Crippen molar-refractivity contribution < 1.29 is 18.3 Å². The number of carbonyl (C=O) groups excluding carboxylic acids is 1. The van der Waals surface area contributed by atoms with Crippen LogP contribution in [-0.2, 0) is 9.53 Å². The molecule has 0 spiro atoms. The molecule has 0 aliphatic heterocycles. The maximum absolute atomic E-state index is 13.4. The van der Waals surface area contributed by atoms with Gasteiger partial charge in [0.15, 0.2) is 0 Å². The van der Waals surface area contributed by atoms with Crippen LogP contribution in [0.15, 0.2) is 18.2 Å². The van der Waals surface area contributed by atoms with Crippen LogP contribution in [-0.4, -0.2) is 19.6 Å². The van der Waals surface area contributed by atoms with Gasteiger partial charge in [-0.3, -0.25) is 0 Å². The average molecular weight is 229 g/mol. The van der Waals surface area contributed by atoms with E-state index >= 15 is 0 Å². The fraction of sp³-hybridized carbons (Fsp3) is 0.364. The van der Waals surface area contributed by atoms with E-state index in [4.69, 9.17) is 0 Å². The first-order valence-corrected chi connectivity index (χ1v) is 4.87. The second-order valence-electron chi connectivity index (χ2n) is 3.15. The van der Waals surface area contributed by atoms with Crippen LogP contribution < -0.4 is 5.32 Å². The van der Waals surface area contributed by atoms with Crippen molar-refractivity contribution in [2.45, 2.75) is 13.0 Å². The molecule has 88 valence electrons. The lowest BCUT2D eigenvalue weighted by atomic mass is 10.1. The third kappa shape index (κ3) is 2.55. The number of esters is 1. The predicted octanol–water partition coefficient (Wildman–Crippen LogP) is 1.79. The van der Waals surface area contributed by atoms with Gasteiger partial charge in [-0.15, -0.1) is 0 Å². The van der Waals surface area contributed by atoms with Crippen LogP contribution in [0.25, 0.3) is 0 Å². The number of nitrogens with one attached hydrogen (secondary N) is 1. The first-order chi connectivity index (χ1) is 7.61. The SMILES string of the molecule is CCNC(C(=O)OC)c1c(F)cccc1F. The van der Waals surface area contributed by atoms with Crippen LogP contribution in [0.3, 0.4) is 0 Å². The van der Waals surface area contributed by atoms with Gasteiger partial charge in [-0.1, -0.05) is 13.0 Å². The lowest BCUT2D eigenvalue weighted by Gasteiger charge is -2.16. The van der Waals surface area contributed by atoms with Crippen molar-refractivity contribution in [1.82, 2.24) is 5.32 Å².